The molecule has 3 atom stereocenters. The molecule has 2 amide bonds. The van der Waals surface area contributed by atoms with E-state index in [-0.39, 0.29) is 18.1 Å². The van der Waals surface area contributed by atoms with E-state index < -0.39 is 6.29 Å². The number of fused-ring (bicyclic) bond motifs is 1. The minimum Gasteiger partial charge on any atom is -0.446 e. The molecule has 0 aromatic heterocycles. The summed E-state index contributed by atoms with van der Waals surface area (Å²) in [6, 6.07) is 26.8. The van der Waals surface area contributed by atoms with E-state index in [4.69, 9.17) is 18.9 Å². The molecule has 1 aliphatic carbocycles. The van der Waals surface area contributed by atoms with Crippen LogP contribution in [0.1, 0.15) is 50.2 Å². The number of hydrogen-bond donors (Lipinski definition) is 1. The molecule has 1 N–H and O–H groups in total. The summed E-state index contributed by atoms with van der Waals surface area (Å²) in [5.74, 6) is 1.23. The highest BCUT2D eigenvalue weighted by Gasteiger charge is 2.42. The van der Waals surface area contributed by atoms with Crippen LogP contribution in [0.25, 0.3) is 11.1 Å². The maximum absolute atomic E-state index is 12.9. The molecule has 2 aliphatic rings. The highest BCUT2D eigenvalue weighted by Crippen LogP contribution is 2.39. The molecule has 2 fully saturated rings. The number of nitrogens with zero attached hydrogens (tertiary/aromatic N) is 2. The van der Waals surface area contributed by atoms with Crippen molar-refractivity contribution in [1.29, 1.82) is 0 Å². The summed E-state index contributed by atoms with van der Waals surface area (Å²) in [6.45, 7) is 7.41. The minimum absolute atomic E-state index is 0.0295. The number of rotatable bonds is 19. The number of para-hydroxylation sites is 1. The third-order valence-electron chi connectivity index (χ3n) is 10.1. The van der Waals surface area contributed by atoms with Crippen molar-refractivity contribution in [2.45, 2.75) is 64.3 Å². The summed E-state index contributed by atoms with van der Waals surface area (Å²) in [7, 11) is 3.18. The summed E-state index contributed by atoms with van der Waals surface area (Å²) < 4.78 is 22.3. The maximum Gasteiger partial charge on any atom is 0.411 e. The van der Waals surface area contributed by atoms with Crippen LogP contribution in [0, 0.1) is 11.8 Å². The molecule has 270 valence electrons. The molecule has 9 heteroatoms. The summed E-state index contributed by atoms with van der Waals surface area (Å²) in [5.41, 5.74) is 5.39. The number of nitrogens with one attached hydrogen (secondary N) is 1. The van der Waals surface area contributed by atoms with Gasteiger partial charge in [0.1, 0.15) is 6.10 Å². The molecule has 3 aromatic carbocycles. The first-order valence-electron chi connectivity index (χ1n) is 18.3. The highest BCUT2D eigenvalue weighted by atomic mass is 16.7. The lowest BCUT2D eigenvalue weighted by Crippen LogP contribution is -2.40. The van der Waals surface area contributed by atoms with Crippen molar-refractivity contribution in [1.82, 2.24) is 9.80 Å². The lowest BCUT2D eigenvalue weighted by molar-refractivity contribution is -0.146. The van der Waals surface area contributed by atoms with Gasteiger partial charge in [0.05, 0.1) is 31.9 Å². The molecule has 1 heterocycles. The Morgan fingerprint density at radius 2 is 1.52 bits per heavy atom. The number of amides is 2. The van der Waals surface area contributed by atoms with E-state index in [0.29, 0.717) is 44.6 Å². The zero-order valence-corrected chi connectivity index (χ0v) is 30.1. The second-order valence-electron chi connectivity index (χ2n) is 13.6. The smallest absolute Gasteiger partial charge is 0.411 e. The summed E-state index contributed by atoms with van der Waals surface area (Å²) >= 11 is 0. The third kappa shape index (κ3) is 11.1. The van der Waals surface area contributed by atoms with Crippen LogP contribution >= 0.6 is 0 Å². The van der Waals surface area contributed by atoms with E-state index in [1.54, 1.807) is 14.2 Å². The van der Waals surface area contributed by atoms with E-state index in [2.05, 4.69) is 41.4 Å². The summed E-state index contributed by atoms with van der Waals surface area (Å²) in [5, 5.41) is 2.99. The van der Waals surface area contributed by atoms with Gasteiger partial charge in [0.25, 0.3) is 0 Å². The van der Waals surface area contributed by atoms with Gasteiger partial charge in [-0.05, 0) is 66.7 Å². The second-order valence-corrected chi connectivity index (χ2v) is 13.6. The van der Waals surface area contributed by atoms with Crippen molar-refractivity contribution in [2.24, 2.45) is 11.8 Å². The zero-order chi connectivity index (χ0) is 35.1. The third-order valence-corrected chi connectivity index (χ3v) is 10.1. The van der Waals surface area contributed by atoms with Gasteiger partial charge in [-0.25, -0.2) is 4.79 Å². The van der Waals surface area contributed by atoms with Gasteiger partial charge in [-0.3, -0.25) is 10.1 Å². The van der Waals surface area contributed by atoms with Gasteiger partial charge in [0, 0.05) is 46.0 Å². The standard InChI is InChI=1S/C41H55N3O6/c1-4-5-22-44(30-40(47-2)48-3)39(45)21-25-49-24-20-32-17-15-31(16-18-32)19-23-43-28-34-26-36(27-35(34)29-43)50-41(46)42-38-14-10-9-13-37(38)33-11-7-6-8-12-33/h6-18,34-36,40H,4-5,19-30H2,1-3H3,(H,42,46)/t34-,35+,36+. The molecule has 0 bridgehead atoms. The first kappa shape index (κ1) is 37.5. The fourth-order valence-corrected chi connectivity index (χ4v) is 7.23. The average Bonchev–Trinajstić information content (AvgIpc) is 3.70. The Morgan fingerprint density at radius 3 is 2.20 bits per heavy atom. The maximum atomic E-state index is 12.9. The Morgan fingerprint density at radius 1 is 0.860 bits per heavy atom. The van der Waals surface area contributed by atoms with Crippen molar-refractivity contribution >= 4 is 17.7 Å². The molecule has 0 unspecified atom stereocenters. The van der Waals surface area contributed by atoms with E-state index in [0.717, 1.165) is 75.0 Å². The lowest BCUT2D eigenvalue weighted by Gasteiger charge is -2.26. The molecule has 1 saturated heterocycles. The number of benzene rings is 3. The second kappa shape index (κ2) is 19.6. The van der Waals surface area contributed by atoms with Crippen LogP contribution in [0.3, 0.4) is 0 Å². The minimum atomic E-state index is -0.417. The molecular formula is C41H55N3O6. The van der Waals surface area contributed by atoms with Crippen LogP contribution in [-0.4, -0.2) is 94.4 Å². The largest absolute Gasteiger partial charge is 0.446 e. The first-order valence-corrected chi connectivity index (χ1v) is 18.3. The fraction of sp³-hybridized carbons (Fsp3) is 0.512. The average molecular weight is 686 g/mol. The van der Waals surface area contributed by atoms with Gasteiger partial charge >= 0.3 is 6.09 Å². The normalized spacial score (nSPS) is 18.7. The van der Waals surface area contributed by atoms with Crippen LogP contribution in [0.4, 0.5) is 10.5 Å². The molecule has 50 heavy (non-hydrogen) atoms. The number of unbranched alkanes of at least 4 members (excludes halogenated alkanes) is 1. The quantitative estimate of drug-likeness (QED) is 0.107. The predicted octanol–water partition coefficient (Wildman–Crippen LogP) is 7.05. The van der Waals surface area contributed by atoms with Crippen molar-refractivity contribution in [3.05, 3.63) is 90.0 Å². The van der Waals surface area contributed by atoms with Crippen LogP contribution in [0.5, 0.6) is 0 Å². The SMILES string of the molecule is CCCCN(CC(OC)OC)C(=O)CCOCCc1ccc(CCN2C[C@H]3C[C@H](OC(=O)Nc4ccccc4-c4ccccc4)C[C@H]3C2)cc1. The van der Waals surface area contributed by atoms with Crippen molar-refractivity contribution < 1.29 is 28.5 Å². The Kier molecular flexibility index (Phi) is 14.7. The Bertz CT molecular complexity index is 1450. The van der Waals surface area contributed by atoms with E-state index in [1.165, 1.54) is 11.1 Å². The highest BCUT2D eigenvalue weighted by molar-refractivity contribution is 5.91. The first-order chi connectivity index (χ1) is 24.4. The van der Waals surface area contributed by atoms with Crippen molar-refractivity contribution in [2.75, 3.05) is 65.5 Å². The van der Waals surface area contributed by atoms with E-state index in [1.807, 2.05) is 59.5 Å². The number of anilines is 1. The van der Waals surface area contributed by atoms with Crippen LogP contribution in [-0.2, 0) is 36.6 Å². The Labute approximate surface area is 298 Å². The number of likely N-dealkylation sites (tertiary alicyclic amines) is 1. The molecule has 1 saturated carbocycles. The number of ether oxygens (including phenoxy) is 4. The fourth-order valence-electron chi connectivity index (χ4n) is 7.23. The molecule has 1 aliphatic heterocycles. The molecule has 5 rings (SSSR count). The van der Waals surface area contributed by atoms with Crippen LogP contribution < -0.4 is 5.32 Å². The van der Waals surface area contributed by atoms with Crippen LogP contribution in [0.15, 0.2) is 78.9 Å². The summed E-state index contributed by atoms with van der Waals surface area (Å²) in [6.07, 6.45) is 5.21. The van der Waals surface area contributed by atoms with E-state index in [9.17, 15) is 9.59 Å². The zero-order valence-electron chi connectivity index (χ0n) is 30.1. The Balaban J connectivity index is 0.959. The van der Waals surface area contributed by atoms with Crippen LogP contribution in [0.2, 0.25) is 0 Å². The van der Waals surface area contributed by atoms with Gasteiger partial charge < -0.3 is 28.7 Å². The lowest BCUT2D eigenvalue weighted by atomic mass is 10.0. The Hall–Kier alpha value is -3.76. The van der Waals surface area contributed by atoms with Gasteiger partial charge in [0.15, 0.2) is 6.29 Å². The van der Waals surface area contributed by atoms with Gasteiger partial charge in [0.2, 0.25) is 5.91 Å². The van der Waals surface area contributed by atoms with Crippen molar-refractivity contribution in [3.8, 4) is 11.1 Å². The summed E-state index contributed by atoms with van der Waals surface area (Å²) in [4.78, 5) is 30.0. The predicted molar refractivity (Wildman–Crippen MR) is 197 cm³/mol. The van der Waals surface area contributed by atoms with Crippen molar-refractivity contribution in [3.63, 3.8) is 0 Å². The topological polar surface area (TPSA) is 89.6 Å². The molecule has 3 aromatic rings. The van der Waals surface area contributed by atoms with Gasteiger partial charge in [-0.1, -0.05) is 86.1 Å². The molecule has 0 spiro atoms. The number of carbonyl (C=O) groups excluding carboxylic acids is 2. The number of methoxy groups -OCH3 is 2. The number of carbonyl (C=O) groups is 2. The number of hydrogen-bond acceptors (Lipinski definition) is 7. The monoisotopic (exact) mass is 685 g/mol. The molecule has 0 radical (unpaired) electrons. The molecular weight excluding hydrogens is 630 g/mol. The molecule has 9 nitrogen and oxygen atoms in total. The van der Waals surface area contributed by atoms with Gasteiger partial charge in [-0.2, -0.15) is 0 Å². The van der Waals surface area contributed by atoms with E-state index >= 15 is 0 Å². The van der Waals surface area contributed by atoms with Gasteiger partial charge in [-0.15, -0.1) is 0 Å².